The lowest BCUT2D eigenvalue weighted by molar-refractivity contribution is -0.125. The minimum absolute atomic E-state index is 0.00719. The van der Waals surface area contributed by atoms with Crippen LogP contribution in [0, 0.1) is 5.92 Å². The molecule has 1 fully saturated rings. The minimum Gasteiger partial charge on any atom is -0.352 e. The first-order valence-corrected chi connectivity index (χ1v) is 9.33. The fourth-order valence-electron chi connectivity index (χ4n) is 2.99. The fourth-order valence-corrected chi connectivity index (χ4v) is 3.22. The van der Waals surface area contributed by atoms with E-state index in [0.717, 1.165) is 16.7 Å². The van der Waals surface area contributed by atoms with Gasteiger partial charge in [0.25, 0.3) is 0 Å². The molecule has 2 unspecified atom stereocenters. The summed E-state index contributed by atoms with van der Waals surface area (Å²) >= 11 is 6.39. The molecule has 0 radical (unpaired) electrons. The summed E-state index contributed by atoms with van der Waals surface area (Å²) in [5, 5.41) is 9.81. The molecule has 3 rings (SSSR count). The number of pyridine rings is 1. The average molecular weight is 387 g/mol. The second-order valence-corrected chi connectivity index (χ2v) is 7.35. The van der Waals surface area contributed by atoms with E-state index in [9.17, 15) is 9.59 Å². The van der Waals surface area contributed by atoms with Crippen LogP contribution in [0.15, 0.2) is 42.7 Å². The summed E-state index contributed by atoms with van der Waals surface area (Å²) in [6, 6.07) is 9.22. The Hall–Kier alpha value is -2.44. The first kappa shape index (κ1) is 19.3. The van der Waals surface area contributed by atoms with Crippen LogP contribution in [0.1, 0.15) is 49.2 Å². The van der Waals surface area contributed by atoms with Crippen molar-refractivity contribution in [3.8, 4) is 0 Å². The predicted octanol–water partition coefficient (Wildman–Crippen LogP) is 2.86. The van der Waals surface area contributed by atoms with Crippen molar-refractivity contribution in [3.63, 3.8) is 0 Å². The van der Waals surface area contributed by atoms with E-state index in [1.807, 2.05) is 38.1 Å². The van der Waals surface area contributed by atoms with Gasteiger partial charge in [-0.1, -0.05) is 37.6 Å². The summed E-state index contributed by atoms with van der Waals surface area (Å²) < 4.78 is 0. The molecule has 6 nitrogen and oxygen atoms in total. The van der Waals surface area contributed by atoms with E-state index in [1.165, 1.54) is 0 Å². The maximum Gasteiger partial charge on any atom is 0.223 e. The molecule has 2 aromatic rings. The summed E-state index contributed by atoms with van der Waals surface area (Å²) in [7, 11) is 0. The third-order valence-electron chi connectivity index (χ3n) is 4.51. The number of rotatable bonds is 5. The van der Waals surface area contributed by atoms with Gasteiger partial charge in [-0.25, -0.2) is 0 Å². The number of benzene rings is 1. The van der Waals surface area contributed by atoms with Crippen LogP contribution in [-0.4, -0.2) is 16.8 Å². The largest absolute Gasteiger partial charge is 0.352 e. The molecule has 0 saturated carbocycles. The summed E-state index contributed by atoms with van der Waals surface area (Å²) in [6.07, 6.45) is 3.39. The van der Waals surface area contributed by atoms with E-state index in [0.29, 0.717) is 18.0 Å². The van der Waals surface area contributed by atoms with Gasteiger partial charge in [0.1, 0.15) is 6.17 Å². The Balaban J connectivity index is 1.78. The van der Waals surface area contributed by atoms with Crippen LogP contribution in [0.5, 0.6) is 0 Å². The molecule has 142 valence electrons. The molecule has 1 saturated heterocycles. The molecule has 27 heavy (non-hydrogen) atoms. The maximum atomic E-state index is 12.2. The summed E-state index contributed by atoms with van der Waals surface area (Å²) in [6.45, 7) is 4.11. The molecule has 2 amide bonds. The Labute approximate surface area is 163 Å². The quantitative estimate of drug-likeness (QED) is 0.737. The van der Waals surface area contributed by atoms with E-state index >= 15 is 0 Å². The standard InChI is InChI=1S/C20H23ClN4O2/c1-12(2)20(27)23-10-13-5-6-16(21)15(8-13)19-24-17(9-18(26)25-19)14-4-3-7-22-11-14/h3-8,11-12,17,19,24H,9-10H2,1-2H3,(H,23,27)(H,25,26). The van der Waals surface area contributed by atoms with Gasteiger partial charge >= 0.3 is 0 Å². The van der Waals surface area contributed by atoms with Crippen LogP contribution in [0.3, 0.4) is 0 Å². The van der Waals surface area contributed by atoms with Gasteiger partial charge in [0.2, 0.25) is 11.8 Å². The SMILES string of the molecule is CC(C)C(=O)NCc1ccc(Cl)c(C2NC(=O)CC(c3cccnc3)N2)c1. The minimum atomic E-state index is -0.412. The van der Waals surface area contributed by atoms with Gasteiger partial charge in [0.15, 0.2) is 0 Å². The number of aromatic nitrogens is 1. The van der Waals surface area contributed by atoms with Crippen LogP contribution in [-0.2, 0) is 16.1 Å². The van der Waals surface area contributed by atoms with Gasteiger partial charge in [0, 0.05) is 47.9 Å². The maximum absolute atomic E-state index is 12.2. The molecular weight excluding hydrogens is 364 g/mol. The highest BCUT2D eigenvalue weighted by Gasteiger charge is 2.29. The average Bonchev–Trinajstić information content (AvgIpc) is 2.67. The van der Waals surface area contributed by atoms with Crippen molar-refractivity contribution in [1.82, 2.24) is 20.9 Å². The molecule has 1 aromatic heterocycles. The van der Waals surface area contributed by atoms with Crippen molar-refractivity contribution in [2.45, 2.75) is 39.0 Å². The van der Waals surface area contributed by atoms with Crippen molar-refractivity contribution >= 4 is 23.4 Å². The molecule has 2 heterocycles. The summed E-state index contributed by atoms with van der Waals surface area (Å²) in [5.41, 5.74) is 2.65. The second-order valence-electron chi connectivity index (χ2n) is 6.94. The number of carbonyl (C=O) groups excluding carboxylic acids is 2. The molecular formula is C20H23ClN4O2. The van der Waals surface area contributed by atoms with Crippen LogP contribution in [0.25, 0.3) is 0 Å². The molecule has 1 aliphatic heterocycles. The van der Waals surface area contributed by atoms with E-state index in [-0.39, 0.29) is 23.8 Å². The molecule has 0 spiro atoms. The zero-order valence-corrected chi connectivity index (χ0v) is 16.1. The van der Waals surface area contributed by atoms with Gasteiger partial charge in [-0.15, -0.1) is 0 Å². The predicted molar refractivity (Wildman–Crippen MR) is 104 cm³/mol. The van der Waals surface area contributed by atoms with Gasteiger partial charge < -0.3 is 10.6 Å². The number of hydrogen-bond acceptors (Lipinski definition) is 4. The van der Waals surface area contributed by atoms with Gasteiger partial charge in [-0.3, -0.25) is 19.9 Å². The van der Waals surface area contributed by atoms with Crippen LogP contribution in [0.2, 0.25) is 5.02 Å². The number of halogens is 1. The molecule has 2 atom stereocenters. The molecule has 7 heteroatoms. The Morgan fingerprint density at radius 2 is 2.19 bits per heavy atom. The first-order valence-electron chi connectivity index (χ1n) is 8.95. The first-order chi connectivity index (χ1) is 12.9. The zero-order chi connectivity index (χ0) is 19.4. The zero-order valence-electron chi connectivity index (χ0n) is 15.3. The normalized spacial score (nSPS) is 19.6. The number of nitrogens with zero attached hydrogens (tertiary/aromatic N) is 1. The molecule has 0 aliphatic carbocycles. The summed E-state index contributed by atoms with van der Waals surface area (Å²) in [5.74, 6) is -0.134. The van der Waals surface area contributed by atoms with Crippen LogP contribution >= 0.6 is 11.6 Å². The topological polar surface area (TPSA) is 83.1 Å². The monoisotopic (exact) mass is 386 g/mol. The van der Waals surface area contributed by atoms with Crippen molar-refractivity contribution in [2.75, 3.05) is 0 Å². The summed E-state index contributed by atoms with van der Waals surface area (Å²) in [4.78, 5) is 28.2. The van der Waals surface area contributed by atoms with Gasteiger partial charge in [-0.2, -0.15) is 0 Å². The Bertz CT molecular complexity index is 826. The van der Waals surface area contributed by atoms with E-state index in [4.69, 9.17) is 11.6 Å². The number of nitrogens with one attached hydrogen (secondary N) is 3. The highest BCUT2D eigenvalue weighted by molar-refractivity contribution is 6.31. The lowest BCUT2D eigenvalue weighted by atomic mass is 9.99. The van der Waals surface area contributed by atoms with Crippen LogP contribution < -0.4 is 16.0 Å². The van der Waals surface area contributed by atoms with Crippen molar-refractivity contribution in [3.05, 3.63) is 64.4 Å². The lowest BCUT2D eigenvalue weighted by Gasteiger charge is -2.32. The smallest absolute Gasteiger partial charge is 0.223 e. The van der Waals surface area contributed by atoms with Crippen LogP contribution in [0.4, 0.5) is 0 Å². The molecule has 3 N–H and O–H groups in total. The Morgan fingerprint density at radius 3 is 2.89 bits per heavy atom. The van der Waals surface area contributed by atoms with Gasteiger partial charge in [0.05, 0.1) is 0 Å². The number of carbonyl (C=O) groups is 2. The molecule has 1 aromatic carbocycles. The highest BCUT2D eigenvalue weighted by atomic mass is 35.5. The van der Waals surface area contributed by atoms with E-state index in [1.54, 1.807) is 18.5 Å². The van der Waals surface area contributed by atoms with Crippen molar-refractivity contribution in [1.29, 1.82) is 0 Å². The Kier molecular flexibility index (Phi) is 6.08. The van der Waals surface area contributed by atoms with Gasteiger partial charge in [-0.05, 0) is 29.3 Å². The van der Waals surface area contributed by atoms with Crippen molar-refractivity contribution in [2.24, 2.45) is 5.92 Å². The number of hydrogen-bond donors (Lipinski definition) is 3. The number of amides is 2. The second kappa shape index (κ2) is 8.50. The molecule has 0 bridgehead atoms. The van der Waals surface area contributed by atoms with E-state index < -0.39 is 6.17 Å². The van der Waals surface area contributed by atoms with Crippen molar-refractivity contribution < 1.29 is 9.59 Å². The van der Waals surface area contributed by atoms with E-state index in [2.05, 4.69) is 20.9 Å². The molecule has 1 aliphatic rings. The highest BCUT2D eigenvalue weighted by Crippen LogP contribution is 2.29. The fraction of sp³-hybridized carbons (Fsp3) is 0.350. The third kappa shape index (κ3) is 4.84. The lowest BCUT2D eigenvalue weighted by Crippen LogP contribution is -2.46. The third-order valence-corrected chi connectivity index (χ3v) is 4.86. The Morgan fingerprint density at radius 1 is 1.37 bits per heavy atom.